The average Bonchev–Trinajstić information content (AvgIpc) is 3.13. The summed E-state index contributed by atoms with van der Waals surface area (Å²) in [5.41, 5.74) is 2.17. The van der Waals surface area contributed by atoms with Crippen molar-refractivity contribution in [2.24, 2.45) is 11.0 Å². The minimum absolute atomic E-state index is 0.501. The van der Waals surface area contributed by atoms with Gasteiger partial charge in [-0.05, 0) is 59.9 Å². The zero-order chi connectivity index (χ0) is 21.3. The summed E-state index contributed by atoms with van der Waals surface area (Å²) < 4.78 is 7.58. The van der Waals surface area contributed by atoms with Crippen LogP contribution >= 0.6 is 23.4 Å². The SMILES string of the molecule is CCCc1nnc(SCc2ccc(Cl)cc2)n1/N=C\c1ccc(OCC(C)C)cc1. The van der Waals surface area contributed by atoms with Crippen LogP contribution in [0.15, 0.2) is 58.8 Å². The molecule has 0 amide bonds. The van der Waals surface area contributed by atoms with Crippen molar-refractivity contribution in [1.82, 2.24) is 14.9 Å². The van der Waals surface area contributed by atoms with Crippen LogP contribution in [-0.2, 0) is 12.2 Å². The predicted molar refractivity (Wildman–Crippen MR) is 125 cm³/mol. The van der Waals surface area contributed by atoms with E-state index in [1.54, 1.807) is 11.8 Å². The number of ether oxygens (including phenoxy) is 1. The van der Waals surface area contributed by atoms with Crippen LogP contribution in [0.1, 0.15) is 44.1 Å². The van der Waals surface area contributed by atoms with Gasteiger partial charge in [0.2, 0.25) is 5.16 Å². The normalized spacial score (nSPS) is 11.5. The van der Waals surface area contributed by atoms with Crippen molar-refractivity contribution in [2.45, 2.75) is 44.5 Å². The van der Waals surface area contributed by atoms with Gasteiger partial charge >= 0.3 is 0 Å². The molecule has 3 aromatic rings. The van der Waals surface area contributed by atoms with Crippen molar-refractivity contribution >= 4 is 29.6 Å². The van der Waals surface area contributed by atoms with E-state index in [0.717, 1.165) is 45.9 Å². The van der Waals surface area contributed by atoms with Crippen LogP contribution in [0.5, 0.6) is 5.75 Å². The number of nitrogens with zero attached hydrogens (tertiary/aromatic N) is 4. The average molecular weight is 443 g/mol. The second kappa shape index (κ2) is 11.2. The van der Waals surface area contributed by atoms with Crippen LogP contribution in [0.4, 0.5) is 0 Å². The first-order chi connectivity index (χ1) is 14.5. The Morgan fingerprint density at radius 3 is 2.50 bits per heavy atom. The first-order valence-corrected chi connectivity index (χ1v) is 11.5. The minimum Gasteiger partial charge on any atom is -0.493 e. The molecule has 0 bridgehead atoms. The van der Waals surface area contributed by atoms with Crippen molar-refractivity contribution in [2.75, 3.05) is 6.61 Å². The number of thioether (sulfide) groups is 1. The van der Waals surface area contributed by atoms with Crippen LogP contribution < -0.4 is 4.74 Å². The van der Waals surface area contributed by atoms with E-state index in [1.165, 1.54) is 5.56 Å². The van der Waals surface area contributed by atoms with Crippen molar-refractivity contribution < 1.29 is 4.74 Å². The summed E-state index contributed by atoms with van der Waals surface area (Å²) >= 11 is 7.58. The van der Waals surface area contributed by atoms with Crippen molar-refractivity contribution in [1.29, 1.82) is 0 Å². The molecule has 2 aromatic carbocycles. The van der Waals surface area contributed by atoms with Gasteiger partial charge in [-0.1, -0.05) is 56.3 Å². The predicted octanol–water partition coefficient (Wildman–Crippen LogP) is 6.09. The largest absolute Gasteiger partial charge is 0.493 e. The maximum Gasteiger partial charge on any atom is 0.212 e. The first-order valence-electron chi connectivity index (χ1n) is 10.1. The molecule has 30 heavy (non-hydrogen) atoms. The summed E-state index contributed by atoms with van der Waals surface area (Å²) in [7, 11) is 0. The van der Waals surface area contributed by atoms with E-state index < -0.39 is 0 Å². The van der Waals surface area contributed by atoms with Gasteiger partial charge in [-0.2, -0.15) is 9.78 Å². The van der Waals surface area contributed by atoms with E-state index in [4.69, 9.17) is 16.3 Å². The van der Waals surface area contributed by atoms with Crippen molar-refractivity contribution in [3.8, 4) is 5.75 Å². The number of rotatable bonds is 10. The van der Waals surface area contributed by atoms with Gasteiger partial charge in [-0.3, -0.25) is 0 Å². The molecule has 0 atom stereocenters. The van der Waals surface area contributed by atoms with E-state index in [9.17, 15) is 0 Å². The van der Waals surface area contributed by atoms with E-state index in [2.05, 4.69) is 36.1 Å². The van der Waals surface area contributed by atoms with E-state index in [1.807, 2.05) is 59.4 Å². The molecule has 3 rings (SSSR count). The van der Waals surface area contributed by atoms with Crippen LogP contribution in [-0.4, -0.2) is 27.7 Å². The molecule has 0 saturated heterocycles. The van der Waals surface area contributed by atoms with Crippen LogP contribution in [0, 0.1) is 5.92 Å². The molecule has 1 heterocycles. The molecule has 0 fully saturated rings. The van der Waals surface area contributed by atoms with Crippen molar-refractivity contribution in [3.63, 3.8) is 0 Å². The summed E-state index contributed by atoms with van der Waals surface area (Å²) in [6.45, 7) is 7.11. The lowest BCUT2D eigenvalue weighted by molar-refractivity contribution is 0.271. The molecule has 0 aliphatic carbocycles. The standard InChI is InChI=1S/C23H27ClN4OS/c1-4-5-22-26-27-23(30-16-19-6-10-20(24)11-7-19)28(22)25-14-18-8-12-21(13-9-18)29-15-17(2)3/h6-14,17H,4-5,15-16H2,1-3H3/b25-14-. The van der Waals surface area contributed by atoms with E-state index in [0.29, 0.717) is 12.5 Å². The fraction of sp³-hybridized carbons (Fsp3) is 0.348. The molecule has 7 heteroatoms. The summed E-state index contributed by atoms with van der Waals surface area (Å²) in [6.07, 6.45) is 3.65. The van der Waals surface area contributed by atoms with Crippen LogP contribution in [0.3, 0.4) is 0 Å². The highest BCUT2D eigenvalue weighted by Gasteiger charge is 2.11. The third-order valence-corrected chi connectivity index (χ3v) is 5.46. The van der Waals surface area contributed by atoms with Crippen LogP contribution in [0.2, 0.25) is 5.02 Å². The molecule has 0 spiro atoms. The lowest BCUT2D eigenvalue weighted by Crippen LogP contribution is -2.04. The molecule has 0 radical (unpaired) electrons. The highest BCUT2D eigenvalue weighted by Crippen LogP contribution is 2.23. The highest BCUT2D eigenvalue weighted by molar-refractivity contribution is 7.98. The second-order valence-electron chi connectivity index (χ2n) is 7.39. The smallest absolute Gasteiger partial charge is 0.212 e. The topological polar surface area (TPSA) is 52.3 Å². The molecule has 0 aliphatic rings. The molecule has 1 aromatic heterocycles. The van der Waals surface area contributed by atoms with Gasteiger partial charge in [0.15, 0.2) is 5.82 Å². The third-order valence-electron chi connectivity index (χ3n) is 4.22. The Morgan fingerprint density at radius 2 is 1.83 bits per heavy atom. The Labute approximate surface area is 187 Å². The summed E-state index contributed by atoms with van der Waals surface area (Å²) in [4.78, 5) is 0. The first kappa shape index (κ1) is 22.4. The number of halogens is 1. The minimum atomic E-state index is 0.501. The summed E-state index contributed by atoms with van der Waals surface area (Å²) in [6, 6.07) is 15.8. The molecule has 158 valence electrons. The van der Waals surface area contributed by atoms with Crippen LogP contribution in [0.25, 0.3) is 0 Å². The van der Waals surface area contributed by atoms with E-state index in [-0.39, 0.29) is 0 Å². The van der Waals surface area contributed by atoms with Gasteiger partial charge in [-0.25, -0.2) is 0 Å². The molecule has 0 N–H and O–H groups in total. The van der Waals surface area contributed by atoms with Gasteiger partial charge in [-0.15, -0.1) is 10.2 Å². The molecular weight excluding hydrogens is 416 g/mol. The molecule has 0 saturated carbocycles. The van der Waals surface area contributed by atoms with Gasteiger partial charge in [0, 0.05) is 17.2 Å². The molecule has 0 aliphatic heterocycles. The van der Waals surface area contributed by atoms with Crippen molar-refractivity contribution in [3.05, 3.63) is 70.5 Å². The van der Waals surface area contributed by atoms with Gasteiger partial charge in [0.05, 0.1) is 12.8 Å². The Bertz CT molecular complexity index is 952. The molecule has 0 unspecified atom stereocenters. The maximum absolute atomic E-state index is 5.97. The zero-order valence-electron chi connectivity index (χ0n) is 17.6. The Balaban J connectivity index is 1.71. The number of hydrogen-bond acceptors (Lipinski definition) is 5. The fourth-order valence-electron chi connectivity index (χ4n) is 2.65. The van der Waals surface area contributed by atoms with Gasteiger partial charge in [0.1, 0.15) is 5.75 Å². The Hall–Kier alpha value is -2.31. The zero-order valence-corrected chi connectivity index (χ0v) is 19.2. The monoisotopic (exact) mass is 442 g/mol. The maximum atomic E-state index is 5.97. The summed E-state index contributed by atoms with van der Waals surface area (Å²) in [5.74, 6) is 3.01. The highest BCUT2D eigenvalue weighted by atomic mass is 35.5. The number of aryl methyl sites for hydroxylation is 1. The van der Waals surface area contributed by atoms with E-state index >= 15 is 0 Å². The van der Waals surface area contributed by atoms with Gasteiger partial charge in [0.25, 0.3) is 0 Å². The quantitative estimate of drug-likeness (QED) is 0.281. The Kier molecular flexibility index (Phi) is 8.34. The molecular formula is C23H27ClN4OS. The lowest BCUT2D eigenvalue weighted by atomic mass is 10.2. The third kappa shape index (κ3) is 6.61. The molecule has 5 nitrogen and oxygen atoms in total. The lowest BCUT2D eigenvalue weighted by Gasteiger charge is -2.08. The summed E-state index contributed by atoms with van der Waals surface area (Å²) in [5, 5.41) is 14.9. The number of aromatic nitrogens is 3. The fourth-order valence-corrected chi connectivity index (χ4v) is 3.63. The number of hydrogen-bond donors (Lipinski definition) is 0. The second-order valence-corrected chi connectivity index (χ2v) is 8.77. The Morgan fingerprint density at radius 1 is 1.10 bits per heavy atom. The number of benzene rings is 2. The van der Waals surface area contributed by atoms with Gasteiger partial charge < -0.3 is 4.74 Å².